The lowest BCUT2D eigenvalue weighted by Crippen LogP contribution is -2.30. The Morgan fingerprint density at radius 2 is 1.48 bits per heavy atom. The first-order valence-electron chi connectivity index (χ1n) is 12.7. The van der Waals surface area contributed by atoms with Crippen molar-refractivity contribution in [3.63, 3.8) is 0 Å². The average molecular weight is 559 g/mol. The number of nitrogens with zero attached hydrogens (tertiary/aromatic N) is 1. The first-order chi connectivity index (χ1) is 19.3. The van der Waals surface area contributed by atoms with Gasteiger partial charge in [0.25, 0.3) is 15.9 Å². The highest BCUT2D eigenvalue weighted by molar-refractivity contribution is 7.92. The van der Waals surface area contributed by atoms with Crippen molar-refractivity contribution in [2.75, 3.05) is 22.8 Å². The van der Waals surface area contributed by atoms with Crippen molar-refractivity contribution in [1.82, 2.24) is 0 Å². The van der Waals surface area contributed by atoms with Gasteiger partial charge in [0.1, 0.15) is 5.75 Å². The summed E-state index contributed by atoms with van der Waals surface area (Å²) >= 11 is 0. The number of esters is 1. The summed E-state index contributed by atoms with van der Waals surface area (Å²) in [7, 11) is -3.85. The first-order valence-corrected chi connectivity index (χ1v) is 14.1. The molecule has 0 unspecified atom stereocenters. The Kier molecular flexibility index (Phi) is 9.19. The molecule has 40 heavy (non-hydrogen) atoms. The summed E-state index contributed by atoms with van der Waals surface area (Å²) in [5.41, 5.74) is 3.16. The summed E-state index contributed by atoms with van der Waals surface area (Å²) in [6.45, 7) is 3.80. The zero-order valence-corrected chi connectivity index (χ0v) is 23.1. The van der Waals surface area contributed by atoms with Crippen molar-refractivity contribution >= 4 is 33.3 Å². The maximum absolute atomic E-state index is 13.6. The van der Waals surface area contributed by atoms with Crippen LogP contribution in [-0.4, -0.2) is 33.5 Å². The van der Waals surface area contributed by atoms with E-state index in [0.717, 1.165) is 11.1 Å². The number of anilines is 2. The molecule has 0 saturated carbocycles. The van der Waals surface area contributed by atoms with Gasteiger partial charge in [-0.2, -0.15) is 0 Å². The van der Waals surface area contributed by atoms with Crippen LogP contribution in [0.5, 0.6) is 5.75 Å². The van der Waals surface area contributed by atoms with Crippen molar-refractivity contribution in [2.24, 2.45) is 0 Å². The third-order valence-electron chi connectivity index (χ3n) is 5.95. The average Bonchev–Trinajstić information content (AvgIpc) is 2.96. The van der Waals surface area contributed by atoms with E-state index in [1.165, 1.54) is 4.31 Å². The molecule has 0 saturated heterocycles. The van der Waals surface area contributed by atoms with Crippen molar-refractivity contribution in [3.8, 4) is 5.75 Å². The molecule has 0 bridgehead atoms. The largest absolute Gasteiger partial charge is 0.484 e. The molecule has 206 valence electrons. The molecule has 0 spiro atoms. The lowest BCUT2D eigenvalue weighted by atomic mass is 10.2. The van der Waals surface area contributed by atoms with Gasteiger partial charge in [0, 0.05) is 5.69 Å². The van der Waals surface area contributed by atoms with Crippen LogP contribution in [0.4, 0.5) is 11.4 Å². The Morgan fingerprint density at radius 3 is 2.10 bits per heavy atom. The molecule has 0 atom stereocenters. The minimum absolute atomic E-state index is 0.147. The van der Waals surface area contributed by atoms with E-state index in [4.69, 9.17) is 9.47 Å². The SMILES string of the molecule is CCOC(=O)c1ccc(NC(=O)COc2ccc(N(Cc3ccccc3)S(=O)(=O)c3ccc(C)cc3)cc2)cc1. The fraction of sp³-hybridized carbons (Fsp3) is 0.161. The number of sulfonamides is 1. The van der Waals surface area contributed by atoms with Gasteiger partial charge in [0.15, 0.2) is 6.61 Å². The summed E-state index contributed by atoms with van der Waals surface area (Å²) < 4.78 is 39.2. The summed E-state index contributed by atoms with van der Waals surface area (Å²) in [5, 5.41) is 2.71. The third-order valence-corrected chi connectivity index (χ3v) is 7.74. The number of aryl methyl sites for hydroxylation is 1. The van der Waals surface area contributed by atoms with Gasteiger partial charge in [-0.3, -0.25) is 9.10 Å². The van der Waals surface area contributed by atoms with Crippen LogP contribution in [0.3, 0.4) is 0 Å². The molecule has 0 fully saturated rings. The van der Waals surface area contributed by atoms with Crippen LogP contribution in [0.2, 0.25) is 0 Å². The Labute approximate surface area is 234 Å². The van der Waals surface area contributed by atoms with E-state index >= 15 is 0 Å². The van der Waals surface area contributed by atoms with Crippen LogP contribution in [0, 0.1) is 6.92 Å². The summed E-state index contributed by atoms with van der Waals surface area (Å²) in [4.78, 5) is 24.3. The summed E-state index contributed by atoms with van der Waals surface area (Å²) in [5.74, 6) is -0.411. The molecule has 4 rings (SSSR count). The molecule has 1 amide bonds. The molecule has 0 aliphatic rings. The molecule has 4 aromatic rings. The second-order valence-electron chi connectivity index (χ2n) is 8.94. The standard InChI is InChI=1S/C31H30N2O6S/c1-3-38-31(35)25-11-13-26(14-12-25)32-30(34)22-39-28-17-15-27(16-18-28)33(21-24-7-5-4-6-8-24)40(36,37)29-19-9-23(2)10-20-29/h4-20H,3,21-22H2,1-2H3,(H,32,34). The Bertz CT molecular complexity index is 1540. The lowest BCUT2D eigenvalue weighted by molar-refractivity contribution is -0.118. The number of nitrogens with one attached hydrogen (secondary N) is 1. The minimum Gasteiger partial charge on any atom is -0.484 e. The highest BCUT2D eigenvalue weighted by atomic mass is 32.2. The van der Waals surface area contributed by atoms with Crippen molar-refractivity contribution in [1.29, 1.82) is 0 Å². The molecule has 0 aliphatic carbocycles. The van der Waals surface area contributed by atoms with Crippen molar-refractivity contribution in [3.05, 3.63) is 120 Å². The number of ether oxygens (including phenoxy) is 2. The van der Waals surface area contributed by atoms with Crippen LogP contribution in [0.1, 0.15) is 28.4 Å². The van der Waals surface area contributed by atoms with Gasteiger partial charge < -0.3 is 14.8 Å². The topological polar surface area (TPSA) is 102 Å². The lowest BCUT2D eigenvalue weighted by Gasteiger charge is -2.25. The van der Waals surface area contributed by atoms with Gasteiger partial charge in [-0.05, 0) is 80.1 Å². The highest BCUT2D eigenvalue weighted by Gasteiger charge is 2.25. The van der Waals surface area contributed by atoms with Gasteiger partial charge in [-0.15, -0.1) is 0 Å². The molecule has 0 radical (unpaired) electrons. The van der Waals surface area contributed by atoms with E-state index in [9.17, 15) is 18.0 Å². The number of carbonyl (C=O) groups is 2. The van der Waals surface area contributed by atoms with E-state index < -0.39 is 16.0 Å². The Hall–Kier alpha value is -4.63. The quantitative estimate of drug-likeness (QED) is 0.241. The monoisotopic (exact) mass is 558 g/mol. The van der Waals surface area contributed by atoms with Crippen molar-refractivity contribution in [2.45, 2.75) is 25.3 Å². The van der Waals surface area contributed by atoms with Crippen LogP contribution in [0.15, 0.2) is 108 Å². The van der Waals surface area contributed by atoms with E-state index in [-0.39, 0.29) is 30.6 Å². The number of hydrogen-bond donors (Lipinski definition) is 1. The fourth-order valence-electron chi connectivity index (χ4n) is 3.86. The molecule has 0 aromatic heterocycles. The van der Waals surface area contributed by atoms with Crippen LogP contribution in [-0.2, 0) is 26.1 Å². The third kappa shape index (κ3) is 7.27. The van der Waals surface area contributed by atoms with E-state index in [1.54, 1.807) is 79.7 Å². The molecule has 8 nitrogen and oxygen atoms in total. The van der Waals surface area contributed by atoms with Gasteiger partial charge in [0.05, 0.1) is 29.3 Å². The zero-order valence-electron chi connectivity index (χ0n) is 22.2. The molecule has 0 heterocycles. The van der Waals surface area contributed by atoms with Gasteiger partial charge in [0.2, 0.25) is 0 Å². The number of benzene rings is 4. The van der Waals surface area contributed by atoms with Gasteiger partial charge in [-0.1, -0.05) is 48.0 Å². The molecule has 9 heteroatoms. The molecule has 0 aliphatic heterocycles. The fourth-order valence-corrected chi connectivity index (χ4v) is 5.31. The smallest absolute Gasteiger partial charge is 0.338 e. The predicted octanol–water partition coefficient (Wildman–Crippen LogP) is 5.58. The van der Waals surface area contributed by atoms with Crippen molar-refractivity contribution < 1.29 is 27.5 Å². The maximum atomic E-state index is 13.6. The normalized spacial score (nSPS) is 10.9. The van der Waals surface area contributed by atoms with Gasteiger partial charge >= 0.3 is 5.97 Å². The predicted molar refractivity (Wildman–Crippen MR) is 154 cm³/mol. The van der Waals surface area contributed by atoms with Crippen LogP contribution in [0.25, 0.3) is 0 Å². The van der Waals surface area contributed by atoms with E-state index in [2.05, 4.69) is 5.32 Å². The molecule has 4 aromatic carbocycles. The number of rotatable bonds is 11. The molecule has 1 N–H and O–H groups in total. The highest BCUT2D eigenvalue weighted by Crippen LogP contribution is 2.28. The van der Waals surface area contributed by atoms with E-state index in [1.807, 2.05) is 37.3 Å². The number of hydrogen-bond acceptors (Lipinski definition) is 6. The molecular formula is C31H30N2O6S. The number of amides is 1. The summed E-state index contributed by atoms with van der Waals surface area (Å²) in [6.07, 6.45) is 0. The Balaban J connectivity index is 1.44. The first kappa shape index (κ1) is 28.4. The van der Waals surface area contributed by atoms with E-state index in [0.29, 0.717) is 22.7 Å². The summed E-state index contributed by atoms with van der Waals surface area (Å²) in [6, 6.07) is 29.0. The van der Waals surface area contributed by atoms with Crippen LogP contribution < -0.4 is 14.4 Å². The maximum Gasteiger partial charge on any atom is 0.338 e. The second kappa shape index (κ2) is 12.9. The van der Waals surface area contributed by atoms with Gasteiger partial charge in [-0.25, -0.2) is 13.2 Å². The van der Waals surface area contributed by atoms with Crippen LogP contribution >= 0.6 is 0 Å². The Morgan fingerprint density at radius 1 is 0.825 bits per heavy atom. The zero-order chi connectivity index (χ0) is 28.5. The second-order valence-corrected chi connectivity index (χ2v) is 10.8. The molecular weight excluding hydrogens is 528 g/mol. The minimum atomic E-state index is -3.85. The number of carbonyl (C=O) groups excluding carboxylic acids is 2.